The van der Waals surface area contributed by atoms with Crippen molar-refractivity contribution in [2.75, 3.05) is 14.1 Å². The fraction of sp³-hybridized carbons (Fsp3) is 0.286. The van der Waals surface area contributed by atoms with Crippen LogP contribution in [0.25, 0.3) is 10.4 Å². The van der Waals surface area contributed by atoms with Gasteiger partial charge in [0.25, 0.3) is 17.7 Å². The lowest BCUT2D eigenvalue weighted by Crippen LogP contribution is -2.45. The Labute approximate surface area is 225 Å². The maximum absolute atomic E-state index is 13.1. The zero-order valence-electron chi connectivity index (χ0n) is 21.4. The van der Waals surface area contributed by atoms with E-state index in [1.165, 1.54) is 4.90 Å². The Morgan fingerprint density at radius 3 is 2.50 bits per heavy atom. The van der Waals surface area contributed by atoms with Crippen LogP contribution in [0.4, 0.5) is 0 Å². The first kappa shape index (κ1) is 27.0. The molecule has 3 aromatic rings. The molecule has 1 aliphatic heterocycles. The van der Waals surface area contributed by atoms with E-state index in [9.17, 15) is 19.2 Å². The van der Waals surface area contributed by atoms with Crippen LogP contribution in [0.5, 0.6) is 0 Å². The van der Waals surface area contributed by atoms with E-state index >= 15 is 0 Å². The first-order valence-electron chi connectivity index (χ1n) is 12.2. The summed E-state index contributed by atoms with van der Waals surface area (Å²) in [6.07, 6.45) is -1.39. The van der Waals surface area contributed by atoms with Gasteiger partial charge in [-0.25, -0.2) is 0 Å². The summed E-state index contributed by atoms with van der Waals surface area (Å²) in [4.78, 5) is 51.9. The van der Waals surface area contributed by atoms with Crippen molar-refractivity contribution in [2.24, 2.45) is 0 Å². The number of thiophene rings is 1. The molecule has 3 atom stereocenters. The summed E-state index contributed by atoms with van der Waals surface area (Å²) in [5.41, 5.74) is 7.92. The van der Waals surface area contributed by atoms with E-state index in [1.807, 2.05) is 42.6 Å². The lowest BCUT2D eigenvalue weighted by atomic mass is 10.0. The minimum Gasteiger partial charge on any atom is -0.349 e. The molecule has 0 radical (unpaired) electrons. The number of carbonyl (C=O) groups is 4. The predicted octanol–water partition coefficient (Wildman–Crippen LogP) is 2.84. The van der Waals surface area contributed by atoms with Crippen molar-refractivity contribution in [2.45, 2.75) is 38.0 Å². The van der Waals surface area contributed by atoms with Crippen molar-refractivity contribution in [1.82, 2.24) is 21.1 Å². The summed E-state index contributed by atoms with van der Waals surface area (Å²) < 4.78 is 5.10. The monoisotopic (exact) mass is 534 g/mol. The van der Waals surface area contributed by atoms with Gasteiger partial charge in [-0.2, -0.15) is 0 Å². The Kier molecular flexibility index (Phi) is 8.55. The van der Waals surface area contributed by atoms with Crippen LogP contribution in [-0.2, 0) is 25.5 Å². The predicted molar refractivity (Wildman–Crippen MR) is 144 cm³/mol. The van der Waals surface area contributed by atoms with Crippen molar-refractivity contribution >= 4 is 35.0 Å². The van der Waals surface area contributed by atoms with Crippen LogP contribution >= 0.6 is 11.3 Å². The van der Waals surface area contributed by atoms with E-state index in [4.69, 9.17) is 4.74 Å². The molecule has 2 aromatic carbocycles. The number of hydrogen-bond acceptors (Lipinski definition) is 6. The molecule has 1 aliphatic rings. The summed E-state index contributed by atoms with van der Waals surface area (Å²) in [7, 11) is 3.15. The number of rotatable bonds is 9. The van der Waals surface area contributed by atoms with Gasteiger partial charge in [0.2, 0.25) is 5.91 Å². The molecule has 1 aromatic heterocycles. The van der Waals surface area contributed by atoms with Crippen molar-refractivity contribution in [1.29, 1.82) is 0 Å². The average Bonchev–Trinajstić information content (AvgIpc) is 3.53. The highest BCUT2D eigenvalue weighted by atomic mass is 32.1. The molecule has 38 heavy (non-hydrogen) atoms. The topological polar surface area (TPSA) is 120 Å². The first-order valence-corrected chi connectivity index (χ1v) is 13.1. The lowest BCUT2D eigenvalue weighted by molar-refractivity contribution is -0.130. The van der Waals surface area contributed by atoms with E-state index in [-0.39, 0.29) is 24.3 Å². The second-order valence-electron chi connectivity index (χ2n) is 9.20. The molecule has 0 aliphatic carbocycles. The molecule has 0 spiro atoms. The zero-order chi connectivity index (χ0) is 27.2. The van der Waals surface area contributed by atoms with Crippen LogP contribution in [-0.4, -0.2) is 54.8 Å². The number of ether oxygens (including phenoxy) is 1. The second-order valence-corrected chi connectivity index (χ2v) is 10.2. The van der Waals surface area contributed by atoms with Gasteiger partial charge in [0.15, 0.2) is 12.2 Å². The molecule has 0 bridgehead atoms. The van der Waals surface area contributed by atoms with Crippen molar-refractivity contribution < 1.29 is 23.9 Å². The van der Waals surface area contributed by atoms with E-state index in [1.54, 1.807) is 43.6 Å². The van der Waals surface area contributed by atoms with Crippen LogP contribution in [0.2, 0.25) is 0 Å². The molecule has 0 saturated carbocycles. The quantitative estimate of drug-likeness (QED) is 0.288. The number of amides is 4. The summed E-state index contributed by atoms with van der Waals surface area (Å²) in [6, 6.07) is 19.1. The van der Waals surface area contributed by atoms with Crippen LogP contribution in [0, 0.1) is 0 Å². The number of carbonyl (C=O) groups excluding carboxylic acids is 4. The van der Waals surface area contributed by atoms with Gasteiger partial charge in [-0.05, 0) is 53.6 Å². The Morgan fingerprint density at radius 2 is 1.76 bits per heavy atom. The molecule has 9 nitrogen and oxygen atoms in total. The highest BCUT2D eigenvalue weighted by Crippen LogP contribution is 2.27. The van der Waals surface area contributed by atoms with E-state index < -0.39 is 24.0 Å². The Hall–Kier alpha value is -4.02. The third-order valence-electron chi connectivity index (χ3n) is 6.18. The van der Waals surface area contributed by atoms with Gasteiger partial charge in [0, 0.05) is 31.0 Å². The van der Waals surface area contributed by atoms with Gasteiger partial charge in [0.05, 0.1) is 6.04 Å². The molecule has 1 fully saturated rings. The second kappa shape index (κ2) is 12.0. The van der Waals surface area contributed by atoms with Crippen LogP contribution < -0.4 is 16.2 Å². The van der Waals surface area contributed by atoms with Crippen molar-refractivity contribution in [3.8, 4) is 10.4 Å². The van der Waals surface area contributed by atoms with Crippen LogP contribution in [0.1, 0.15) is 40.9 Å². The SMILES string of the molecule is C[C@@H](NC(=O)c1ccccc1CCC(=O)NNC(=O)C1OC1C(=O)N(C)C)c1cccc(-c2cccs2)c1. The van der Waals surface area contributed by atoms with Crippen molar-refractivity contribution in [3.63, 3.8) is 0 Å². The third kappa shape index (κ3) is 6.64. The largest absolute Gasteiger partial charge is 0.349 e. The number of likely N-dealkylation sites (N-methyl/N-ethyl adjacent to an activating group) is 1. The number of hydrazine groups is 1. The van der Waals surface area contributed by atoms with Gasteiger partial charge >= 0.3 is 0 Å². The van der Waals surface area contributed by atoms with E-state index in [2.05, 4.69) is 28.3 Å². The fourth-order valence-corrected chi connectivity index (χ4v) is 4.71. The molecule has 1 saturated heterocycles. The Bertz CT molecular complexity index is 1320. The van der Waals surface area contributed by atoms with Crippen molar-refractivity contribution in [3.05, 3.63) is 82.7 Å². The number of nitrogens with zero attached hydrogens (tertiary/aromatic N) is 1. The van der Waals surface area contributed by atoms with Gasteiger partial charge in [0.1, 0.15) is 0 Å². The Morgan fingerprint density at radius 1 is 0.974 bits per heavy atom. The number of hydrogen-bond donors (Lipinski definition) is 3. The van der Waals surface area contributed by atoms with Gasteiger partial charge in [-0.1, -0.05) is 42.5 Å². The normalized spacial score (nSPS) is 16.7. The number of nitrogens with one attached hydrogen (secondary N) is 3. The smallest absolute Gasteiger partial charge is 0.270 e. The van der Waals surface area contributed by atoms with Crippen LogP contribution in [0.15, 0.2) is 66.0 Å². The number of epoxide rings is 1. The highest BCUT2D eigenvalue weighted by molar-refractivity contribution is 7.13. The zero-order valence-corrected chi connectivity index (χ0v) is 22.2. The summed E-state index contributed by atoms with van der Waals surface area (Å²) in [5.74, 6) is -1.55. The molecule has 4 amide bonds. The average molecular weight is 535 g/mol. The molecular weight excluding hydrogens is 504 g/mol. The Balaban J connectivity index is 1.29. The van der Waals surface area contributed by atoms with Gasteiger partial charge in [-0.3, -0.25) is 30.0 Å². The molecular formula is C28H30N4O5S. The van der Waals surface area contributed by atoms with E-state index in [0.29, 0.717) is 17.5 Å². The molecule has 2 heterocycles. The first-order chi connectivity index (χ1) is 18.2. The summed E-state index contributed by atoms with van der Waals surface area (Å²) >= 11 is 1.66. The molecule has 10 heteroatoms. The fourth-order valence-electron chi connectivity index (χ4n) is 3.99. The van der Waals surface area contributed by atoms with Gasteiger partial charge < -0.3 is 15.0 Å². The minimum atomic E-state index is -0.914. The third-order valence-corrected chi connectivity index (χ3v) is 7.10. The standard InChI is InChI=1S/C28H30N4O5S/c1-17(19-9-6-10-20(16-19)22-12-7-15-38-22)29-26(34)21-11-5-4-8-18(21)13-14-23(33)30-31-27(35)24-25(37-24)28(36)32(2)3/h4-12,15-17,24-25H,13-14H2,1-3H3,(H,29,34)(H,30,33)(H,31,35)/t17-,24?,25?/m1/s1. The molecule has 4 rings (SSSR count). The molecule has 198 valence electrons. The number of aryl methyl sites for hydroxylation is 1. The summed E-state index contributed by atoms with van der Waals surface area (Å²) in [5, 5.41) is 5.09. The molecule has 2 unspecified atom stereocenters. The minimum absolute atomic E-state index is 0.0502. The maximum Gasteiger partial charge on any atom is 0.270 e. The number of benzene rings is 2. The highest BCUT2D eigenvalue weighted by Gasteiger charge is 2.51. The summed E-state index contributed by atoms with van der Waals surface area (Å²) in [6.45, 7) is 1.93. The molecule has 3 N–H and O–H groups in total. The van der Waals surface area contributed by atoms with E-state index in [0.717, 1.165) is 16.0 Å². The van der Waals surface area contributed by atoms with Crippen LogP contribution in [0.3, 0.4) is 0 Å². The lowest BCUT2D eigenvalue weighted by Gasteiger charge is -2.17. The van der Waals surface area contributed by atoms with Gasteiger partial charge in [-0.15, -0.1) is 11.3 Å². The maximum atomic E-state index is 13.1.